The molecular weight excluding hydrogens is 292 g/mol. The van der Waals surface area contributed by atoms with Crippen molar-refractivity contribution >= 4 is 46.1 Å². The average Bonchev–Trinajstić information content (AvgIpc) is 2.42. The van der Waals surface area contributed by atoms with E-state index in [1.54, 1.807) is 0 Å². The SMILES string of the molecule is NC(=S)N/N=C1/CCC2CC/C(=N\NC(N)=S)CC2C1. The lowest BCUT2D eigenvalue weighted by Crippen LogP contribution is -2.34. The van der Waals surface area contributed by atoms with Gasteiger partial charge < -0.3 is 11.5 Å². The summed E-state index contributed by atoms with van der Waals surface area (Å²) in [5, 5.41) is 8.98. The summed E-state index contributed by atoms with van der Waals surface area (Å²) in [7, 11) is 0. The van der Waals surface area contributed by atoms with Crippen molar-refractivity contribution in [3.8, 4) is 0 Å². The van der Waals surface area contributed by atoms with Gasteiger partial charge in [0.2, 0.25) is 0 Å². The maximum absolute atomic E-state index is 5.39. The summed E-state index contributed by atoms with van der Waals surface area (Å²) in [5.74, 6) is 1.36. The molecule has 0 bridgehead atoms. The first-order chi connectivity index (χ1) is 9.54. The molecule has 8 heteroatoms. The monoisotopic (exact) mass is 312 g/mol. The van der Waals surface area contributed by atoms with Crippen molar-refractivity contribution in [3.05, 3.63) is 0 Å². The molecule has 0 aromatic heterocycles. The van der Waals surface area contributed by atoms with Crippen LogP contribution in [0.25, 0.3) is 0 Å². The highest BCUT2D eigenvalue weighted by Crippen LogP contribution is 2.38. The number of hydrogen-bond acceptors (Lipinski definition) is 4. The minimum absolute atomic E-state index is 0.214. The Bertz CT molecular complexity index is 419. The lowest BCUT2D eigenvalue weighted by atomic mass is 9.70. The fraction of sp³-hybridized carbons (Fsp3) is 0.667. The Kier molecular flexibility index (Phi) is 5.24. The predicted molar refractivity (Wildman–Crippen MR) is 89.4 cm³/mol. The molecule has 0 aromatic carbocycles. The topological polar surface area (TPSA) is 101 Å². The van der Waals surface area contributed by atoms with Gasteiger partial charge in [-0.15, -0.1) is 0 Å². The van der Waals surface area contributed by atoms with Gasteiger partial charge in [-0.2, -0.15) is 10.2 Å². The van der Waals surface area contributed by atoms with Crippen molar-refractivity contribution in [3.63, 3.8) is 0 Å². The fourth-order valence-electron chi connectivity index (χ4n) is 3.01. The maximum atomic E-state index is 5.39. The quantitative estimate of drug-likeness (QED) is 0.448. The number of thiocarbonyl (C=S) groups is 2. The van der Waals surface area contributed by atoms with Crippen LogP contribution in [0, 0.1) is 11.8 Å². The molecule has 2 atom stereocenters. The molecule has 0 aromatic rings. The molecule has 0 radical (unpaired) electrons. The van der Waals surface area contributed by atoms with Gasteiger partial charge in [0.15, 0.2) is 10.2 Å². The molecule has 0 amide bonds. The first-order valence-electron chi connectivity index (χ1n) is 6.76. The van der Waals surface area contributed by atoms with Gasteiger partial charge >= 0.3 is 0 Å². The summed E-state index contributed by atoms with van der Waals surface area (Å²) < 4.78 is 0. The Morgan fingerprint density at radius 2 is 1.35 bits per heavy atom. The Morgan fingerprint density at radius 1 is 0.900 bits per heavy atom. The van der Waals surface area contributed by atoms with Crippen LogP contribution in [0.2, 0.25) is 0 Å². The zero-order valence-corrected chi connectivity index (χ0v) is 12.9. The van der Waals surface area contributed by atoms with Crippen LogP contribution >= 0.6 is 24.4 Å². The van der Waals surface area contributed by atoms with Gasteiger partial charge in [-0.05, 0) is 74.8 Å². The van der Waals surface area contributed by atoms with Gasteiger partial charge in [0, 0.05) is 11.4 Å². The highest BCUT2D eigenvalue weighted by molar-refractivity contribution is 7.80. The summed E-state index contributed by atoms with van der Waals surface area (Å²) in [6, 6.07) is 0. The molecule has 0 aliphatic heterocycles. The smallest absolute Gasteiger partial charge is 0.184 e. The summed E-state index contributed by atoms with van der Waals surface area (Å²) in [5.41, 5.74) is 18.4. The van der Waals surface area contributed by atoms with E-state index in [0.29, 0.717) is 5.92 Å². The van der Waals surface area contributed by atoms with E-state index < -0.39 is 0 Å². The van der Waals surface area contributed by atoms with Crippen LogP contribution in [0.15, 0.2) is 10.2 Å². The molecule has 2 rings (SSSR count). The number of rotatable bonds is 2. The fourth-order valence-corrected chi connectivity index (χ4v) is 3.10. The number of hydrogen-bond donors (Lipinski definition) is 4. The van der Waals surface area contributed by atoms with Crippen molar-refractivity contribution in [2.45, 2.75) is 38.5 Å². The lowest BCUT2D eigenvalue weighted by molar-refractivity contribution is 0.276. The van der Waals surface area contributed by atoms with E-state index >= 15 is 0 Å². The summed E-state index contributed by atoms with van der Waals surface area (Å²) in [4.78, 5) is 0. The molecule has 2 saturated carbocycles. The van der Waals surface area contributed by atoms with Gasteiger partial charge in [0.05, 0.1) is 0 Å². The molecule has 6 nitrogen and oxygen atoms in total. The van der Waals surface area contributed by atoms with Crippen molar-refractivity contribution in [1.29, 1.82) is 0 Å². The largest absolute Gasteiger partial charge is 0.375 e. The van der Waals surface area contributed by atoms with Crippen LogP contribution in [0.1, 0.15) is 38.5 Å². The summed E-state index contributed by atoms with van der Waals surface area (Å²) >= 11 is 9.53. The summed E-state index contributed by atoms with van der Waals surface area (Å²) in [6.45, 7) is 0. The van der Waals surface area contributed by atoms with E-state index in [-0.39, 0.29) is 10.2 Å². The first-order valence-corrected chi connectivity index (χ1v) is 7.58. The highest BCUT2D eigenvalue weighted by atomic mass is 32.1. The van der Waals surface area contributed by atoms with Crippen LogP contribution in [0.3, 0.4) is 0 Å². The molecule has 20 heavy (non-hydrogen) atoms. The maximum Gasteiger partial charge on any atom is 0.184 e. The number of fused-ring (bicyclic) bond motifs is 1. The third-order valence-corrected chi connectivity index (χ3v) is 4.10. The van der Waals surface area contributed by atoms with Gasteiger partial charge in [-0.3, -0.25) is 10.9 Å². The first kappa shape index (κ1) is 15.1. The molecule has 6 N–H and O–H groups in total. The van der Waals surface area contributed by atoms with E-state index in [0.717, 1.165) is 43.0 Å². The number of nitrogens with two attached hydrogens (primary N) is 2. The van der Waals surface area contributed by atoms with Crippen molar-refractivity contribution in [2.24, 2.45) is 33.5 Å². The second kappa shape index (κ2) is 6.94. The molecule has 0 spiro atoms. The van der Waals surface area contributed by atoms with E-state index in [9.17, 15) is 0 Å². The molecule has 2 aliphatic rings. The second-order valence-corrected chi connectivity index (χ2v) is 6.19. The Hall–Kier alpha value is -1.28. The molecule has 0 saturated heterocycles. The molecule has 2 fully saturated rings. The van der Waals surface area contributed by atoms with Crippen molar-refractivity contribution in [2.75, 3.05) is 0 Å². The van der Waals surface area contributed by atoms with Gasteiger partial charge in [-0.25, -0.2) is 0 Å². The van der Waals surface area contributed by atoms with Gasteiger partial charge in [0.25, 0.3) is 0 Å². The molecule has 110 valence electrons. The summed E-state index contributed by atoms with van der Waals surface area (Å²) in [6.07, 6.45) is 6.36. The van der Waals surface area contributed by atoms with Crippen LogP contribution in [-0.4, -0.2) is 21.6 Å². The normalized spacial score (nSPS) is 29.8. The van der Waals surface area contributed by atoms with Crippen LogP contribution in [0.4, 0.5) is 0 Å². The van der Waals surface area contributed by atoms with Crippen molar-refractivity contribution < 1.29 is 0 Å². The minimum atomic E-state index is 0.214. The van der Waals surface area contributed by atoms with Crippen LogP contribution in [0.5, 0.6) is 0 Å². The molecular formula is C12H20N6S2. The lowest BCUT2D eigenvalue weighted by Gasteiger charge is -2.36. The van der Waals surface area contributed by atoms with Crippen molar-refractivity contribution in [1.82, 2.24) is 10.9 Å². The van der Waals surface area contributed by atoms with Crippen LogP contribution in [-0.2, 0) is 0 Å². The van der Waals surface area contributed by atoms with E-state index in [4.69, 9.17) is 35.9 Å². The number of nitrogens with one attached hydrogen (secondary N) is 2. The average molecular weight is 312 g/mol. The Morgan fingerprint density at radius 3 is 1.75 bits per heavy atom. The molecule has 0 heterocycles. The standard InChI is InChI=1S/C12H20N6S2/c13-11(19)17-15-9-3-1-7-2-4-10(6-8(7)5-9)16-18-12(14)20/h7-8H,1-6H2,(H3,13,17,19)(H3,14,18,20)/b15-9-,16-10+. The van der Waals surface area contributed by atoms with E-state index in [1.165, 1.54) is 12.8 Å². The third-order valence-electron chi connectivity index (χ3n) is 3.92. The van der Waals surface area contributed by atoms with E-state index in [1.807, 2.05) is 0 Å². The van der Waals surface area contributed by atoms with Crippen LogP contribution < -0.4 is 22.3 Å². The number of hydrazone groups is 2. The zero-order chi connectivity index (χ0) is 14.5. The highest BCUT2D eigenvalue weighted by Gasteiger charge is 2.32. The molecule has 2 unspecified atom stereocenters. The van der Waals surface area contributed by atoms with E-state index in [2.05, 4.69) is 21.1 Å². The second-order valence-electron chi connectivity index (χ2n) is 5.31. The third kappa shape index (κ3) is 4.38. The molecule has 2 aliphatic carbocycles. The Balaban J connectivity index is 1.94. The van der Waals surface area contributed by atoms with Gasteiger partial charge in [0.1, 0.15) is 0 Å². The minimum Gasteiger partial charge on any atom is -0.375 e. The number of nitrogens with zero attached hydrogens (tertiary/aromatic N) is 2. The van der Waals surface area contributed by atoms with Gasteiger partial charge in [-0.1, -0.05) is 0 Å². The Labute approximate surface area is 129 Å². The zero-order valence-electron chi connectivity index (χ0n) is 11.3. The predicted octanol–water partition coefficient (Wildman–Crippen LogP) is 0.965.